The maximum atomic E-state index is 12.4. The van der Waals surface area contributed by atoms with Crippen LogP contribution in [-0.2, 0) is 16.6 Å². The zero-order valence-corrected chi connectivity index (χ0v) is 12.5. The number of carbonyl (C=O) groups is 1. The molecule has 114 valence electrons. The molecule has 1 amide bonds. The number of fused-ring (bicyclic) bond motifs is 1. The van der Waals surface area contributed by atoms with Crippen molar-refractivity contribution in [3.05, 3.63) is 58.8 Å². The summed E-state index contributed by atoms with van der Waals surface area (Å²) in [6.45, 7) is 3.81. The second-order valence-electron chi connectivity index (χ2n) is 5.92. The van der Waals surface area contributed by atoms with Crippen LogP contribution in [0.2, 0.25) is 0 Å². The van der Waals surface area contributed by atoms with Crippen LogP contribution in [0.1, 0.15) is 35.5 Å². The molecular formula is C17H18N2O3. The highest BCUT2D eigenvalue weighted by molar-refractivity contribution is 6.05. The molecule has 5 heteroatoms. The molecule has 5 nitrogen and oxygen atoms in total. The van der Waals surface area contributed by atoms with Gasteiger partial charge in [-0.15, -0.1) is 0 Å². The molecule has 0 aliphatic carbocycles. The zero-order valence-electron chi connectivity index (χ0n) is 12.5. The van der Waals surface area contributed by atoms with Crippen LogP contribution in [0.5, 0.6) is 0 Å². The first-order valence-electron chi connectivity index (χ1n) is 7.14. The summed E-state index contributed by atoms with van der Waals surface area (Å²) in [5.74, 6) is 0.557. The molecule has 0 unspecified atom stereocenters. The van der Waals surface area contributed by atoms with Crippen LogP contribution in [0, 0.1) is 6.92 Å². The van der Waals surface area contributed by atoms with Crippen molar-refractivity contribution in [1.82, 2.24) is 4.98 Å². The van der Waals surface area contributed by atoms with Crippen molar-refractivity contribution in [2.45, 2.75) is 32.0 Å². The van der Waals surface area contributed by atoms with E-state index in [2.05, 4.69) is 10.3 Å². The molecule has 0 saturated heterocycles. The quantitative estimate of drug-likeness (QED) is 0.755. The molecule has 22 heavy (non-hydrogen) atoms. The number of aromatic nitrogens is 1. The molecule has 1 aromatic carbocycles. The monoisotopic (exact) mass is 298 g/mol. The first kappa shape index (κ1) is 14.7. The van der Waals surface area contributed by atoms with Gasteiger partial charge in [0.25, 0.3) is 0 Å². The Morgan fingerprint density at radius 1 is 1.32 bits per heavy atom. The summed E-state index contributed by atoms with van der Waals surface area (Å²) in [7, 11) is 0. The molecule has 1 aromatic heterocycles. The van der Waals surface area contributed by atoms with E-state index < -0.39 is 11.7 Å². The Bertz CT molecular complexity index is 742. The third-order valence-electron chi connectivity index (χ3n) is 4.34. The fourth-order valence-electron chi connectivity index (χ4n) is 2.95. The number of anilines is 1. The molecule has 0 radical (unpaired) electrons. The Balaban J connectivity index is 1.98. The predicted octanol–water partition coefficient (Wildman–Crippen LogP) is 1.83. The molecule has 1 aliphatic heterocycles. The number of aryl methyl sites for hydroxylation is 1. The summed E-state index contributed by atoms with van der Waals surface area (Å²) < 4.78 is 0. The van der Waals surface area contributed by atoms with Gasteiger partial charge in [0.1, 0.15) is 5.82 Å². The molecule has 2 aromatic rings. The summed E-state index contributed by atoms with van der Waals surface area (Å²) in [5.41, 5.74) is 2.60. The van der Waals surface area contributed by atoms with Crippen LogP contribution in [0.4, 0.5) is 5.82 Å². The second kappa shape index (κ2) is 5.19. The van der Waals surface area contributed by atoms with Gasteiger partial charge in [0.15, 0.2) is 6.29 Å². The van der Waals surface area contributed by atoms with Crippen molar-refractivity contribution in [3.8, 4) is 0 Å². The van der Waals surface area contributed by atoms with Crippen LogP contribution in [-0.4, -0.2) is 21.1 Å². The summed E-state index contributed by atoms with van der Waals surface area (Å²) in [5, 5.41) is 21.3. The average Bonchev–Trinajstić information content (AvgIpc) is 2.73. The van der Waals surface area contributed by atoms with Crippen molar-refractivity contribution >= 4 is 11.7 Å². The number of pyridine rings is 1. The molecule has 0 bridgehead atoms. The van der Waals surface area contributed by atoms with E-state index in [1.807, 2.05) is 32.0 Å². The van der Waals surface area contributed by atoms with E-state index >= 15 is 0 Å². The van der Waals surface area contributed by atoms with Crippen LogP contribution in [0.3, 0.4) is 0 Å². The van der Waals surface area contributed by atoms with Gasteiger partial charge in [0.05, 0.1) is 5.41 Å². The summed E-state index contributed by atoms with van der Waals surface area (Å²) >= 11 is 0. The number of benzene rings is 1. The lowest BCUT2D eigenvalue weighted by molar-refractivity contribution is -0.120. The number of rotatable bonds is 3. The Hall–Kier alpha value is -2.24. The Kier molecular flexibility index (Phi) is 3.47. The number of hydrogen-bond acceptors (Lipinski definition) is 4. The third-order valence-corrected chi connectivity index (χ3v) is 4.34. The lowest BCUT2D eigenvalue weighted by atomic mass is 9.78. The number of hydrogen-bond donors (Lipinski definition) is 3. The van der Waals surface area contributed by atoms with Gasteiger partial charge < -0.3 is 15.5 Å². The van der Waals surface area contributed by atoms with Gasteiger partial charge in [-0.3, -0.25) is 4.79 Å². The van der Waals surface area contributed by atoms with E-state index in [0.717, 1.165) is 16.7 Å². The van der Waals surface area contributed by atoms with Crippen LogP contribution in [0.15, 0.2) is 36.5 Å². The molecule has 0 spiro atoms. The molecular weight excluding hydrogens is 280 g/mol. The fourth-order valence-corrected chi connectivity index (χ4v) is 2.95. The van der Waals surface area contributed by atoms with Gasteiger partial charge in [-0.05, 0) is 37.5 Å². The highest BCUT2D eigenvalue weighted by atomic mass is 16.5. The first-order valence-corrected chi connectivity index (χ1v) is 7.14. The molecule has 3 rings (SSSR count). The third kappa shape index (κ3) is 2.28. The highest BCUT2D eigenvalue weighted by Crippen LogP contribution is 2.39. The number of amides is 1. The van der Waals surface area contributed by atoms with Crippen molar-refractivity contribution in [2.75, 3.05) is 5.32 Å². The SMILES string of the molecule is Cc1cc(C(O)O)ccc1C[C@]1(C)C(=O)Nc2ncccc21. The van der Waals surface area contributed by atoms with E-state index in [1.165, 1.54) is 0 Å². The van der Waals surface area contributed by atoms with E-state index in [4.69, 9.17) is 0 Å². The van der Waals surface area contributed by atoms with Crippen molar-refractivity contribution < 1.29 is 15.0 Å². The van der Waals surface area contributed by atoms with Crippen molar-refractivity contribution in [1.29, 1.82) is 0 Å². The van der Waals surface area contributed by atoms with Gasteiger partial charge >= 0.3 is 0 Å². The fraction of sp³-hybridized carbons (Fsp3) is 0.294. The minimum absolute atomic E-state index is 0.0631. The van der Waals surface area contributed by atoms with Crippen molar-refractivity contribution in [3.63, 3.8) is 0 Å². The van der Waals surface area contributed by atoms with Gasteiger partial charge in [0, 0.05) is 17.3 Å². The standard InChI is InChI=1S/C17H18N2O3/c1-10-8-11(15(20)21)5-6-12(10)9-17(2)13-4-3-7-18-14(13)19-16(17)22/h3-8,15,20-21H,9H2,1-2H3,(H,18,19,22)/t17-/m0/s1. The molecule has 0 fully saturated rings. The number of nitrogens with one attached hydrogen (secondary N) is 1. The normalized spacial score (nSPS) is 20.1. The zero-order chi connectivity index (χ0) is 15.9. The van der Waals surface area contributed by atoms with Crippen molar-refractivity contribution in [2.24, 2.45) is 0 Å². The number of nitrogens with zero attached hydrogens (tertiary/aromatic N) is 1. The Morgan fingerprint density at radius 2 is 2.09 bits per heavy atom. The predicted molar refractivity (Wildman–Crippen MR) is 82.3 cm³/mol. The molecule has 1 atom stereocenters. The number of aliphatic hydroxyl groups is 2. The minimum Gasteiger partial charge on any atom is -0.364 e. The minimum atomic E-state index is -1.48. The van der Waals surface area contributed by atoms with E-state index in [9.17, 15) is 15.0 Å². The largest absolute Gasteiger partial charge is 0.364 e. The molecule has 2 heterocycles. The maximum Gasteiger partial charge on any atom is 0.236 e. The second-order valence-corrected chi connectivity index (χ2v) is 5.92. The Labute approximate surface area is 128 Å². The number of carbonyl (C=O) groups excluding carboxylic acids is 1. The molecule has 1 aliphatic rings. The highest BCUT2D eigenvalue weighted by Gasteiger charge is 2.43. The van der Waals surface area contributed by atoms with Crippen LogP contribution in [0.25, 0.3) is 0 Å². The van der Waals surface area contributed by atoms with Crippen LogP contribution < -0.4 is 5.32 Å². The first-order chi connectivity index (χ1) is 10.4. The summed E-state index contributed by atoms with van der Waals surface area (Å²) in [6, 6.07) is 9.00. The molecule has 3 N–H and O–H groups in total. The maximum absolute atomic E-state index is 12.4. The van der Waals surface area contributed by atoms with Gasteiger partial charge in [-0.25, -0.2) is 4.98 Å². The Morgan fingerprint density at radius 3 is 2.77 bits per heavy atom. The van der Waals surface area contributed by atoms with Gasteiger partial charge in [-0.1, -0.05) is 24.3 Å². The average molecular weight is 298 g/mol. The molecule has 0 saturated carbocycles. The number of aliphatic hydroxyl groups excluding tert-OH is 1. The van der Waals surface area contributed by atoms with Gasteiger partial charge in [0.2, 0.25) is 5.91 Å². The van der Waals surface area contributed by atoms with Gasteiger partial charge in [-0.2, -0.15) is 0 Å². The lowest BCUT2D eigenvalue weighted by Crippen LogP contribution is -2.33. The van der Waals surface area contributed by atoms with Crippen LogP contribution >= 0.6 is 0 Å². The summed E-state index contributed by atoms with van der Waals surface area (Å²) in [6.07, 6.45) is 0.710. The lowest BCUT2D eigenvalue weighted by Gasteiger charge is -2.23. The summed E-state index contributed by atoms with van der Waals surface area (Å²) in [4.78, 5) is 16.6. The van der Waals surface area contributed by atoms with E-state index in [0.29, 0.717) is 17.8 Å². The van der Waals surface area contributed by atoms with E-state index in [-0.39, 0.29) is 5.91 Å². The smallest absolute Gasteiger partial charge is 0.236 e. The van der Waals surface area contributed by atoms with E-state index in [1.54, 1.807) is 18.3 Å². The topological polar surface area (TPSA) is 82.5 Å².